The van der Waals surface area contributed by atoms with E-state index in [1.165, 1.54) is 0 Å². The summed E-state index contributed by atoms with van der Waals surface area (Å²) in [4.78, 5) is 28.5. The van der Waals surface area contributed by atoms with Crippen LogP contribution in [0.25, 0.3) is 10.9 Å². The number of rotatable bonds is 4. The highest BCUT2D eigenvalue weighted by atomic mass is 16.6. The maximum Gasteiger partial charge on any atom is 0.407 e. The number of amides is 1. The van der Waals surface area contributed by atoms with E-state index in [2.05, 4.69) is 10.3 Å². The van der Waals surface area contributed by atoms with Crippen molar-refractivity contribution < 1.29 is 19.1 Å². The van der Waals surface area contributed by atoms with Crippen molar-refractivity contribution in [2.24, 2.45) is 0 Å². The van der Waals surface area contributed by atoms with Crippen molar-refractivity contribution in [2.45, 2.75) is 39.8 Å². The van der Waals surface area contributed by atoms with Crippen LogP contribution in [0.3, 0.4) is 0 Å². The van der Waals surface area contributed by atoms with E-state index < -0.39 is 17.7 Å². The van der Waals surface area contributed by atoms with E-state index in [0.29, 0.717) is 11.3 Å². The van der Waals surface area contributed by atoms with Crippen molar-refractivity contribution in [1.29, 1.82) is 0 Å². The van der Waals surface area contributed by atoms with E-state index in [4.69, 9.17) is 9.47 Å². The molecule has 0 radical (unpaired) electrons. The molecule has 0 spiro atoms. The molecule has 24 heavy (non-hydrogen) atoms. The Kier molecular flexibility index (Phi) is 5.39. The predicted molar refractivity (Wildman–Crippen MR) is 90.8 cm³/mol. The number of pyridine rings is 1. The maximum absolute atomic E-state index is 12.2. The fourth-order valence-corrected chi connectivity index (χ4v) is 2.15. The minimum Gasteiger partial charge on any atom is -0.462 e. The average Bonchev–Trinajstić information content (AvgIpc) is 2.50. The molecule has 6 nitrogen and oxygen atoms in total. The second-order valence-electron chi connectivity index (χ2n) is 6.25. The highest BCUT2D eigenvalue weighted by molar-refractivity contribution is 5.95. The molecule has 0 saturated heterocycles. The molecule has 1 N–H and O–H groups in total. The van der Waals surface area contributed by atoms with Crippen molar-refractivity contribution in [3.63, 3.8) is 0 Å². The summed E-state index contributed by atoms with van der Waals surface area (Å²) < 4.78 is 10.3. The number of benzene rings is 1. The van der Waals surface area contributed by atoms with Crippen LogP contribution in [0.4, 0.5) is 4.79 Å². The van der Waals surface area contributed by atoms with Crippen molar-refractivity contribution in [1.82, 2.24) is 10.3 Å². The molecule has 0 saturated carbocycles. The third-order valence-electron chi connectivity index (χ3n) is 3.10. The summed E-state index contributed by atoms with van der Waals surface area (Å²) in [5, 5.41) is 3.46. The Labute approximate surface area is 141 Å². The number of hydrogen-bond donors (Lipinski definition) is 1. The lowest BCUT2D eigenvalue weighted by atomic mass is 10.1. The number of esters is 1. The molecule has 0 atom stereocenters. The summed E-state index contributed by atoms with van der Waals surface area (Å²) in [6.07, 6.45) is -0.563. The lowest BCUT2D eigenvalue weighted by Crippen LogP contribution is -2.32. The van der Waals surface area contributed by atoms with Gasteiger partial charge in [-0.25, -0.2) is 9.59 Å². The van der Waals surface area contributed by atoms with Gasteiger partial charge in [0.15, 0.2) is 0 Å². The fraction of sp³-hybridized carbons (Fsp3) is 0.389. The number of nitrogens with one attached hydrogen (secondary N) is 1. The Morgan fingerprint density at radius 1 is 1.21 bits per heavy atom. The minimum atomic E-state index is -0.592. The zero-order valence-electron chi connectivity index (χ0n) is 14.4. The van der Waals surface area contributed by atoms with Crippen LogP contribution in [0.2, 0.25) is 0 Å². The van der Waals surface area contributed by atoms with E-state index >= 15 is 0 Å². The first-order chi connectivity index (χ1) is 11.3. The van der Waals surface area contributed by atoms with Crippen molar-refractivity contribution >= 4 is 23.0 Å². The van der Waals surface area contributed by atoms with E-state index in [9.17, 15) is 9.59 Å². The highest BCUT2D eigenvalue weighted by Gasteiger charge is 2.19. The van der Waals surface area contributed by atoms with E-state index in [1.807, 2.05) is 24.3 Å². The van der Waals surface area contributed by atoms with Crippen molar-refractivity contribution in [3.05, 3.63) is 41.6 Å². The molecule has 1 aromatic carbocycles. The van der Waals surface area contributed by atoms with Crippen molar-refractivity contribution in [3.8, 4) is 0 Å². The molecule has 0 fully saturated rings. The van der Waals surface area contributed by atoms with Gasteiger partial charge in [-0.2, -0.15) is 0 Å². The standard InChI is InChI=1S/C18H22N2O4/c1-5-23-16(21)13-10-12-8-6-7-9-14(12)20-15(13)11-19-17(22)24-18(2,3)4/h6-10H,5,11H2,1-4H3,(H,19,22). The molecule has 0 aliphatic rings. The zero-order valence-corrected chi connectivity index (χ0v) is 14.4. The second-order valence-corrected chi connectivity index (χ2v) is 6.25. The largest absolute Gasteiger partial charge is 0.462 e. The van der Waals surface area contributed by atoms with Crippen LogP contribution in [0.1, 0.15) is 43.7 Å². The second kappa shape index (κ2) is 7.29. The van der Waals surface area contributed by atoms with Gasteiger partial charge in [0, 0.05) is 5.39 Å². The Morgan fingerprint density at radius 3 is 2.58 bits per heavy atom. The van der Waals surface area contributed by atoms with Crippen molar-refractivity contribution in [2.75, 3.05) is 6.61 Å². The van der Waals surface area contributed by atoms with Gasteiger partial charge < -0.3 is 14.8 Å². The first-order valence-corrected chi connectivity index (χ1v) is 7.83. The quantitative estimate of drug-likeness (QED) is 0.869. The molecule has 128 valence electrons. The number of nitrogens with zero attached hydrogens (tertiary/aromatic N) is 1. The minimum absolute atomic E-state index is 0.0773. The number of alkyl carbamates (subject to hydrolysis) is 1. The van der Waals surface area contributed by atoms with Crippen LogP contribution in [0, 0.1) is 0 Å². The number of para-hydroxylation sites is 1. The summed E-state index contributed by atoms with van der Waals surface area (Å²) in [6, 6.07) is 9.19. The topological polar surface area (TPSA) is 77.5 Å². The molecule has 0 bridgehead atoms. The van der Waals surface area contributed by atoms with Crippen LogP contribution in [0.15, 0.2) is 30.3 Å². The molecule has 2 aromatic rings. The summed E-state index contributed by atoms with van der Waals surface area (Å²) in [5.74, 6) is -0.461. The van der Waals surface area contributed by atoms with Gasteiger partial charge in [0.05, 0.1) is 29.9 Å². The van der Waals surface area contributed by atoms with Gasteiger partial charge in [-0.3, -0.25) is 4.98 Å². The molecule has 0 aliphatic heterocycles. The molecule has 1 heterocycles. The summed E-state index contributed by atoms with van der Waals surface area (Å²) in [6.45, 7) is 7.43. The smallest absolute Gasteiger partial charge is 0.407 e. The lowest BCUT2D eigenvalue weighted by molar-refractivity contribution is 0.0501. The Hall–Kier alpha value is -2.63. The molecule has 1 aromatic heterocycles. The third-order valence-corrected chi connectivity index (χ3v) is 3.10. The molecular formula is C18H22N2O4. The predicted octanol–water partition coefficient (Wildman–Crippen LogP) is 3.44. The number of fused-ring (bicyclic) bond motifs is 1. The Morgan fingerprint density at radius 2 is 1.92 bits per heavy atom. The van der Waals surface area contributed by atoms with Crippen LogP contribution >= 0.6 is 0 Å². The Balaban J connectivity index is 2.27. The van der Waals surface area contributed by atoms with Gasteiger partial charge in [0.2, 0.25) is 0 Å². The zero-order chi connectivity index (χ0) is 17.7. The molecule has 0 aliphatic carbocycles. The van der Waals surface area contributed by atoms with Crippen LogP contribution in [-0.2, 0) is 16.0 Å². The summed E-state index contributed by atoms with van der Waals surface area (Å²) in [5.41, 5.74) is 0.932. The van der Waals surface area contributed by atoms with Crippen LogP contribution in [0.5, 0.6) is 0 Å². The van der Waals surface area contributed by atoms with Gasteiger partial charge in [-0.1, -0.05) is 18.2 Å². The number of carbonyl (C=O) groups excluding carboxylic acids is 2. The fourth-order valence-electron chi connectivity index (χ4n) is 2.15. The van der Waals surface area contributed by atoms with Crippen LogP contribution < -0.4 is 5.32 Å². The summed E-state index contributed by atoms with van der Waals surface area (Å²) in [7, 11) is 0. The lowest BCUT2D eigenvalue weighted by Gasteiger charge is -2.20. The molecular weight excluding hydrogens is 308 g/mol. The van der Waals surface area contributed by atoms with Gasteiger partial charge in [-0.05, 0) is 39.8 Å². The maximum atomic E-state index is 12.2. The van der Waals surface area contributed by atoms with E-state index in [0.717, 1.165) is 10.9 Å². The number of aromatic nitrogens is 1. The monoisotopic (exact) mass is 330 g/mol. The third kappa shape index (κ3) is 4.68. The first kappa shape index (κ1) is 17.7. The number of hydrogen-bond acceptors (Lipinski definition) is 5. The summed E-state index contributed by atoms with van der Waals surface area (Å²) >= 11 is 0. The van der Waals surface area contributed by atoms with Gasteiger partial charge in [0.25, 0.3) is 0 Å². The molecule has 0 unspecified atom stereocenters. The molecule has 6 heteroatoms. The Bertz CT molecular complexity index is 750. The first-order valence-electron chi connectivity index (χ1n) is 7.83. The molecule has 2 rings (SSSR count). The van der Waals surface area contributed by atoms with Crippen LogP contribution in [-0.4, -0.2) is 29.3 Å². The van der Waals surface area contributed by atoms with Gasteiger partial charge in [0.1, 0.15) is 5.60 Å². The highest BCUT2D eigenvalue weighted by Crippen LogP contribution is 2.18. The van der Waals surface area contributed by atoms with Gasteiger partial charge >= 0.3 is 12.1 Å². The average molecular weight is 330 g/mol. The number of ether oxygens (including phenoxy) is 2. The SMILES string of the molecule is CCOC(=O)c1cc2ccccc2nc1CNC(=O)OC(C)(C)C. The van der Waals surface area contributed by atoms with E-state index in [-0.39, 0.29) is 13.2 Å². The molecule has 1 amide bonds. The normalized spacial score (nSPS) is 11.2. The van der Waals surface area contributed by atoms with Gasteiger partial charge in [-0.15, -0.1) is 0 Å². The number of carbonyl (C=O) groups is 2. The van der Waals surface area contributed by atoms with E-state index in [1.54, 1.807) is 33.8 Å².